The van der Waals surface area contributed by atoms with Crippen LogP contribution in [0.15, 0.2) is 0 Å². The summed E-state index contributed by atoms with van der Waals surface area (Å²) in [6.07, 6.45) is 0.405. The van der Waals surface area contributed by atoms with Gasteiger partial charge >= 0.3 is 5.97 Å². The van der Waals surface area contributed by atoms with Crippen molar-refractivity contribution >= 4 is 28.9 Å². The van der Waals surface area contributed by atoms with Crippen molar-refractivity contribution in [3.8, 4) is 0 Å². The summed E-state index contributed by atoms with van der Waals surface area (Å²) in [5.74, 6) is -0.537. The van der Waals surface area contributed by atoms with Crippen LogP contribution in [0.5, 0.6) is 0 Å². The first kappa shape index (κ1) is 11.0. The molecule has 14 heavy (non-hydrogen) atoms. The quantitative estimate of drug-likeness (QED) is 0.758. The zero-order valence-corrected chi connectivity index (χ0v) is 8.38. The molecule has 0 unspecified atom stereocenters. The Morgan fingerprint density at radius 2 is 2.14 bits per heavy atom. The van der Waals surface area contributed by atoms with Crippen LogP contribution in [-0.2, 0) is 9.59 Å². The fraction of sp³-hybridized carbons (Fsp3) is 0.625. The van der Waals surface area contributed by atoms with Crippen LogP contribution in [0.2, 0.25) is 0 Å². The minimum atomic E-state index is -0.917. The van der Waals surface area contributed by atoms with Gasteiger partial charge in [-0.25, -0.2) is 0 Å². The molecule has 0 atom stereocenters. The summed E-state index contributed by atoms with van der Waals surface area (Å²) in [4.78, 5) is 33.8. The maximum absolute atomic E-state index is 11.3. The van der Waals surface area contributed by atoms with Crippen LogP contribution in [0.4, 0.5) is 4.79 Å². The summed E-state index contributed by atoms with van der Waals surface area (Å²) in [6, 6.07) is 0. The number of carboxylic acids is 1. The highest BCUT2D eigenvalue weighted by Gasteiger charge is 2.26. The Morgan fingerprint density at radius 3 is 2.64 bits per heavy atom. The molecular formula is C8H11NO4S. The number of carboxylic acid groups (broad SMARTS) is 1. The maximum Gasteiger partial charge on any atom is 0.303 e. The van der Waals surface area contributed by atoms with Gasteiger partial charge in [-0.05, 0) is 6.42 Å². The van der Waals surface area contributed by atoms with Gasteiger partial charge in [0.15, 0.2) is 0 Å². The smallest absolute Gasteiger partial charge is 0.303 e. The van der Waals surface area contributed by atoms with Crippen molar-refractivity contribution < 1.29 is 19.5 Å². The second-order valence-electron chi connectivity index (χ2n) is 2.91. The number of imide groups is 1. The number of carbonyl (C=O) groups is 3. The number of carbonyl (C=O) groups excluding carboxylic acids is 2. The van der Waals surface area contributed by atoms with Crippen LogP contribution in [0.1, 0.15) is 19.3 Å². The second-order valence-corrected chi connectivity index (χ2v) is 3.95. The van der Waals surface area contributed by atoms with Crippen LogP contribution < -0.4 is 0 Å². The zero-order chi connectivity index (χ0) is 10.6. The van der Waals surface area contributed by atoms with E-state index in [1.54, 1.807) is 0 Å². The normalized spacial score (nSPS) is 16.0. The maximum atomic E-state index is 11.3. The Balaban J connectivity index is 2.27. The minimum Gasteiger partial charge on any atom is -0.481 e. The van der Waals surface area contributed by atoms with Crippen LogP contribution in [-0.4, -0.2) is 39.4 Å². The van der Waals surface area contributed by atoms with Gasteiger partial charge < -0.3 is 5.11 Å². The molecule has 1 aliphatic rings. The molecule has 0 aromatic rings. The summed E-state index contributed by atoms with van der Waals surface area (Å²) in [5.41, 5.74) is 0. The average molecular weight is 217 g/mol. The third-order valence-electron chi connectivity index (χ3n) is 1.84. The highest BCUT2D eigenvalue weighted by Crippen LogP contribution is 2.18. The van der Waals surface area contributed by atoms with Crippen molar-refractivity contribution in [3.05, 3.63) is 0 Å². The molecule has 1 heterocycles. The molecule has 1 fully saturated rings. The fourth-order valence-electron chi connectivity index (χ4n) is 1.15. The van der Waals surface area contributed by atoms with E-state index in [0.29, 0.717) is 18.7 Å². The Kier molecular flexibility index (Phi) is 3.94. The van der Waals surface area contributed by atoms with Crippen LogP contribution in [0, 0.1) is 0 Å². The fourth-order valence-corrected chi connectivity index (χ4v) is 1.94. The van der Waals surface area contributed by atoms with Gasteiger partial charge in [-0.15, -0.1) is 0 Å². The number of rotatable bonds is 4. The predicted molar refractivity (Wildman–Crippen MR) is 51.1 cm³/mol. The van der Waals surface area contributed by atoms with E-state index >= 15 is 0 Å². The van der Waals surface area contributed by atoms with Crippen LogP contribution in [0.3, 0.4) is 0 Å². The van der Waals surface area contributed by atoms with Gasteiger partial charge in [0.2, 0.25) is 5.91 Å². The van der Waals surface area contributed by atoms with Gasteiger partial charge in [0.1, 0.15) is 0 Å². The van der Waals surface area contributed by atoms with Crippen molar-refractivity contribution in [2.45, 2.75) is 19.3 Å². The van der Waals surface area contributed by atoms with Gasteiger partial charge in [0.25, 0.3) is 5.24 Å². The average Bonchev–Trinajstić information content (AvgIpc) is 2.50. The number of amides is 2. The van der Waals surface area contributed by atoms with Crippen molar-refractivity contribution in [3.63, 3.8) is 0 Å². The number of nitrogens with zero attached hydrogens (tertiary/aromatic N) is 1. The summed E-state index contributed by atoms with van der Waals surface area (Å²) in [6.45, 7) is 0.454. The Morgan fingerprint density at radius 1 is 1.43 bits per heavy atom. The molecule has 0 saturated carbocycles. The number of hydrogen-bond acceptors (Lipinski definition) is 4. The Bertz CT molecular complexity index is 266. The van der Waals surface area contributed by atoms with E-state index in [1.807, 2.05) is 0 Å². The molecule has 5 nitrogen and oxygen atoms in total. The number of aliphatic carboxylic acids is 1. The van der Waals surface area contributed by atoms with E-state index < -0.39 is 5.97 Å². The second kappa shape index (κ2) is 4.99. The summed E-state index contributed by atoms with van der Waals surface area (Å²) in [7, 11) is 0. The molecule has 1 aliphatic heterocycles. The largest absolute Gasteiger partial charge is 0.481 e. The molecule has 0 bridgehead atoms. The molecule has 78 valence electrons. The third-order valence-corrected chi connectivity index (χ3v) is 2.70. The molecule has 0 aliphatic carbocycles. The van der Waals surface area contributed by atoms with E-state index in [9.17, 15) is 14.4 Å². The molecule has 1 N–H and O–H groups in total. The molecule has 0 spiro atoms. The van der Waals surface area contributed by atoms with Gasteiger partial charge in [-0.2, -0.15) is 0 Å². The summed E-state index contributed by atoms with van der Waals surface area (Å²) < 4.78 is 0. The topological polar surface area (TPSA) is 74.7 Å². The van der Waals surface area contributed by atoms with Crippen molar-refractivity contribution in [1.82, 2.24) is 4.90 Å². The molecular weight excluding hydrogens is 206 g/mol. The SMILES string of the molecule is O=C(O)CCCC(=O)N1CCSC1=O. The molecule has 0 aromatic heterocycles. The van der Waals surface area contributed by atoms with E-state index in [-0.39, 0.29) is 24.0 Å². The monoisotopic (exact) mass is 217 g/mol. The zero-order valence-electron chi connectivity index (χ0n) is 7.56. The number of hydrogen-bond donors (Lipinski definition) is 1. The molecule has 0 aromatic carbocycles. The van der Waals surface area contributed by atoms with Gasteiger partial charge in [0, 0.05) is 25.1 Å². The van der Waals surface area contributed by atoms with Crippen molar-refractivity contribution in [2.24, 2.45) is 0 Å². The van der Waals surface area contributed by atoms with Gasteiger partial charge in [-0.3, -0.25) is 19.3 Å². The highest BCUT2D eigenvalue weighted by atomic mass is 32.2. The predicted octanol–water partition coefficient (Wildman–Crippen LogP) is 0.937. The molecule has 0 radical (unpaired) electrons. The van der Waals surface area contributed by atoms with Crippen molar-refractivity contribution in [2.75, 3.05) is 12.3 Å². The summed E-state index contributed by atoms with van der Waals surface area (Å²) in [5, 5.41) is 8.13. The standard InChI is InChI=1S/C8H11NO4S/c10-6(2-1-3-7(11)12)9-4-5-14-8(9)13/h1-5H2,(H,11,12). The summed E-state index contributed by atoms with van der Waals surface area (Å²) >= 11 is 1.12. The Hall–Kier alpha value is -1.04. The lowest BCUT2D eigenvalue weighted by Crippen LogP contribution is -2.30. The molecule has 6 heteroatoms. The van der Waals surface area contributed by atoms with E-state index in [2.05, 4.69) is 0 Å². The van der Waals surface area contributed by atoms with E-state index in [1.165, 1.54) is 4.90 Å². The lowest BCUT2D eigenvalue weighted by atomic mass is 10.2. The molecule has 2 amide bonds. The van der Waals surface area contributed by atoms with E-state index in [0.717, 1.165) is 11.8 Å². The third kappa shape index (κ3) is 3.02. The highest BCUT2D eigenvalue weighted by molar-refractivity contribution is 8.13. The lowest BCUT2D eigenvalue weighted by molar-refractivity contribution is -0.137. The first-order valence-electron chi connectivity index (χ1n) is 4.30. The van der Waals surface area contributed by atoms with Crippen LogP contribution in [0.25, 0.3) is 0 Å². The Labute approximate surface area is 85.4 Å². The lowest BCUT2D eigenvalue weighted by Gasteiger charge is -2.11. The first-order valence-corrected chi connectivity index (χ1v) is 5.28. The van der Waals surface area contributed by atoms with Crippen molar-refractivity contribution in [1.29, 1.82) is 0 Å². The molecule has 1 saturated heterocycles. The van der Waals surface area contributed by atoms with Crippen LogP contribution >= 0.6 is 11.8 Å². The first-order chi connectivity index (χ1) is 6.61. The van der Waals surface area contributed by atoms with Gasteiger partial charge in [-0.1, -0.05) is 11.8 Å². The van der Waals surface area contributed by atoms with Gasteiger partial charge in [0.05, 0.1) is 0 Å². The number of thioether (sulfide) groups is 1. The minimum absolute atomic E-state index is 0.0269. The molecule has 1 rings (SSSR count). The van der Waals surface area contributed by atoms with E-state index in [4.69, 9.17) is 5.11 Å².